The number of hydrogen-bond acceptors (Lipinski definition) is 5. The maximum absolute atomic E-state index is 9.73. The Morgan fingerprint density at radius 3 is 2.70 bits per heavy atom. The number of aromatic nitrogens is 1. The van der Waals surface area contributed by atoms with E-state index in [0.717, 1.165) is 40.9 Å². The number of ether oxygens (including phenoxy) is 1. The van der Waals surface area contributed by atoms with Crippen LogP contribution < -0.4 is 10.6 Å². The van der Waals surface area contributed by atoms with E-state index in [0.29, 0.717) is 23.8 Å². The molecule has 6 heteroatoms. The zero-order valence-electron chi connectivity index (χ0n) is 13.3. The molecule has 1 aromatic heterocycles. The number of benzene rings is 1. The second-order valence-electron chi connectivity index (χ2n) is 5.79. The van der Waals surface area contributed by atoms with Gasteiger partial charge in [-0.25, -0.2) is 4.98 Å². The minimum atomic E-state index is -0.270. The summed E-state index contributed by atoms with van der Waals surface area (Å²) < 4.78 is 5.40. The van der Waals surface area contributed by atoms with Crippen LogP contribution in [0.1, 0.15) is 29.7 Å². The van der Waals surface area contributed by atoms with Gasteiger partial charge in [0.25, 0.3) is 0 Å². The van der Waals surface area contributed by atoms with E-state index in [9.17, 15) is 5.26 Å². The molecule has 2 heterocycles. The van der Waals surface area contributed by atoms with Gasteiger partial charge in [0.05, 0.1) is 24.3 Å². The summed E-state index contributed by atoms with van der Waals surface area (Å²) in [5.41, 5.74) is 9.09. The molecule has 5 nitrogen and oxygen atoms in total. The van der Waals surface area contributed by atoms with Crippen molar-refractivity contribution in [3.8, 4) is 6.07 Å². The van der Waals surface area contributed by atoms with Crippen molar-refractivity contribution in [3.05, 3.63) is 33.8 Å². The molecule has 120 valence electrons. The minimum absolute atomic E-state index is 0.270. The van der Waals surface area contributed by atoms with Crippen LogP contribution in [0, 0.1) is 18.3 Å². The van der Waals surface area contributed by atoms with Crippen LogP contribution in [0.25, 0.3) is 10.9 Å². The van der Waals surface area contributed by atoms with Gasteiger partial charge in [-0.3, -0.25) is 0 Å². The van der Waals surface area contributed by atoms with Gasteiger partial charge in [0.1, 0.15) is 11.9 Å². The van der Waals surface area contributed by atoms with Crippen LogP contribution >= 0.6 is 11.6 Å². The average Bonchev–Trinajstić information content (AvgIpc) is 2.55. The summed E-state index contributed by atoms with van der Waals surface area (Å²) in [4.78, 5) is 6.96. The SMILES string of the molecule is Cc1c(N2CCOCC2)nc2ccc(Cl)c(C(C)N)c2c1C#N. The van der Waals surface area contributed by atoms with E-state index >= 15 is 0 Å². The fourth-order valence-corrected chi connectivity index (χ4v) is 3.43. The first kappa shape index (κ1) is 16.0. The minimum Gasteiger partial charge on any atom is -0.378 e. The highest BCUT2D eigenvalue weighted by Gasteiger charge is 2.22. The molecule has 1 aromatic carbocycles. The maximum atomic E-state index is 9.73. The molecule has 1 atom stereocenters. The Labute approximate surface area is 140 Å². The van der Waals surface area contributed by atoms with Crippen molar-refractivity contribution in [1.29, 1.82) is 5.26 Å². The predicted octanol–water partition coefficient (Wildman–Crippen LogP) is 2.92. The molecule has 3 rings (SSSR count). The zero-order valence-corrected chi connectivity index (χ0v) is 14.0. The molecule has 0 amide bonds. The van der Waals surface area contributed by atoms with Gasteiger partial charge >= 0.3 is 0 Å². The number of pyridine rings is 1. The molecule has 0 radical (unpaired) electrons. The highest BCUT2D eigenvalue weighted by molar-refractivity contribution is 6.32. The first-order chi connectivity index (χ1) is 11.0. The molecule has 1 unspecified atom stereocenters. The summed E-state index contributed by atoms with van der Waals surface area (Å²) >= 11 is 6.32. The number of nitrogens with two attached hydrogens (primary N) is 1. The van der Waals surface area contributed by atoms with Crippen LogP contribution in [0.4, 0.5) is 5.82 Å². The normalized spacial score (nSPS) is 16.4. The lowest BCUT2D eigenvalue weighted by Gasteiger charge is -2.30. The standard InChI is InChI=1S/C17H19ClN4O/c1-10-12(9-19)16-14(4-3-13(18)15(16)11(2)20)21-17(10)22-5-7-23-8-6-22/h3-4,11H,5-8,20H2,1-2H3. The van der Waals surface area contributed by atoms with Crippen molar-refractivity contribution < 1.29 is 4.74 Å². The third-order valence-electron chi connectivity index (χ3n) is 4.23. The molecule has 0 aliphatic carbocycles. The zero-order chi connectivity index (χ0) is 16.6. The van der Waals surface area contributed by atoms with E-state index in [2.05, 4.69) is 11.0 Å². The molecule has 1 aliphatic heterocycles. The van der Waals surface area contributed by atoms with Crippen molar-refractivity contribution in [2.75, 3.05) is 31.2 Å². The quantitative estimate of drug-likeness (QED) is 0.916. The number of fused-ring (bicyclic) bond motifs is 1. The lowest BCUT2D eigenvalue weighted by molar-refractivity contribution is 0.122. The van der Waals surface area contributed by atoms with Gasteiger partial charge in [0, 0.05) is 35.1 Å². The fourth-order valence-electron chi connectivity index (χ4n) is 3.10. The first-order valence-corrected chi connectivity index (χ1v) is 8.03. The molecule has 23 heavy (non-hydrogen) atoms. The van der Waals surface area contributed by atoms with Crippen molar-refractivity contribution in [2.45, 2.75) is 19.9 Å². The first-order valence-electron chi connectivity index (χ1n) is 7.65. The van der Waals surface area contributed by atoms with Gasteiger partial charge < -0.3 is 15.4 Å². The molecule has 0 saturated carbocycles. The maximum Gasteiger partial charge on any atom is 0.133 e. The molecule has 1 saturated heterocycles. The van der Waals surface area contributed by atoms with E-state index in [-0.39, 0.29) is 6.04 Å². The van der Waals surface area contributed by atoms with Gasteiger partial charge in [-0.2, -0.15) is 5.26 Å². The summed E-state index contributed by atoms with van der Waals surface area (Å²) in [6, 6.07) is 5.71. The second-order valence-corrected chi connectivity index (χ2v) is 6.20. The van der Waals surface area contributed by atoms with Crippen molar-refractivity contribution in [3.63, 3.8) is 0 Å². The van der Waals surface area contributed by atoms with Gasteiger partial charge in [0.15, 0.2) is 0 Å². The van der Waals surface area contributed by atoms with Crippen LogP contribution in [0.15, 0.2) is 12.1 Å². The predicted molar refractivity (Wildman–Crippen MR) is 91.8 cm³/mol. The third kappa shape index (κ3) is 2.74. The van der Waals surface area contributed by atoms with Crippen molar-refractivity contribution in [2.24, 2.45) is 5.73 Å². The molecule has 0 spiro atoms. The van der Waals surface area contributed by atoms with E-state index in [4.69, 9.17) is 27.1 Å². The number of morpholine rings is 1. The lowest BCUT2D eigenvalue weighted by atomic mass is 9.96. The van der Waals surface area contributed by atoms with E-state index in [1.54, 1.807) is 6.07 Å². The molecule has 2 N–H and O–H groups in total. The molecule has 1 aliphatic rings. The number of nitriles is 1. The number of hydrogen-bond donors (Lipinski definition) is 1. The fraction of sp³-hybridized carbons (Fsp3) is 0.412. The van der Waals surface area contributed by atoms with Crippen LogP contribution in [-0.2, 0) is 4.74 Å². The Hall–Kier alpha value is -1.87. The molecule has 2 aromatic rings. The molecule has 1 fully saturated rings. The smallest absolute Gasteiger partial charge is 0.133 e. The highest BCUT2D eigenvalue weighted by Crippen LogP contribution is 2.35. The molecular formula is C17H19ClN4O. The Morgan fingerprint density at radius 2 is 2.09 bits per heavy atom. The Balaban J connectivity index is 2.30. The number of rotatable bonds is 2. The van der Waals surface area contributed by atoms with Crippen LogP contribution in [-0.4, -0.2) is 31.3 Å². The third-order valence-corrected chi connectivity index (χ3v) is 4.56. The number of nitrogens with zero attached hydrogens (tertiary/aromatic N) is 3. The van der Waals surface area contributed by atoms with E-state index in [1.807, 2.05) is 19.9 Å². The van der Waals surface area contributed by atoms with Gasteiger partial charge in [-0.1, -0.05) is 11.6 Å². The monoisotopic (exact) mass is 330 g/mol. The van der Waals surface area contributed by atoms with Crippen LogP contribution in [0.3, 0.4) is 0 Å². The van der Waals surface area contributed by atoms with Gasteiger partial charge in [0.2, 0.25) is 0 Å². The van der Waals surface area contributed by atoms with Crippen molar-refractivity contribution in [1.82, 2.24) is 4.98 Å². The number of halogens is 1. The Kier molecular flexibility index (Phi) is 4.40. The molecular weight excluding hydrogens is 312 g/mol. The Morgan fingerprint density at radius 1 is 1.39 bits per heavy atom. The Bertz CT molecular complexity index is 792. The van der Waals surface area contributed by atoms with Crippen molar-refractivity contribution >= 4 is 28.3 Å². The van der Waals surface area contributed by atoms with Crippen LogP contribution in [0.2, 0.25) is 5.02 Å². The largest absolute Gasteiger partial charge is 0.378 e. The topological polar surface area (TPSA) is 75.2 Å². The summed E-state index contributed by atoms with van der Waals surface area (Å²) in [5, 5.41) is 11.1. The highest BCUT2D eigenvalue weighted by atomic mass is 35.5. The number of anilines is 1. The second kappa shape index (κ2) is 6.32. The van der Waals surface area contributed by atoms with Gasteiger partial charge in [-0.05, 0) is 31.5 Å². The van der Waals surface area contributed by atoms with Crippen LogP contribution in [0.5, 0.6) is 0 Å². The molecule has 0 bridgehead atoms. The van der Waals surface area contributed by atoms with Gasteiger partial charge in [-0.15, -0.1) is 0 Å². The summed E-state index contributed by atoms with van der Waals surface area (Å²) in [6.45, 7) is 6.70. The van der Waals surface area contributed by atoms with E-state index in [1.165, 1.54) is 0 Å². The summed E-state index contributed by atoms with van der Waals surface area (Å²) in [5.74, 6) is 0.843. The average molecular weight is 331 g/mol. The summed E-state index contributed by atoms with van der Waals surface area (Å²) in [6.07, 6.45) is 0. The lowest BCUT2D eigenvalue weighted by Crippen LogP contribution is -2.37. The summed E-state index contributed by atoms with van der Waals surface area (Å²) in [7, 11) is 0. The van der Waals surface area contributed by atoms with E-state index < -0.39 is 0 Å².